The summed E-state index contributed by atoms with van der Waals surface area (Å²) in [6, 6.07) is 16.4. The molecule has 2 aromatic carbocycles. The molecule has 5 rings (SSSR count). The molecular formula is C42H60Cl2N4O8Si. The van der Waals surface area contributed by atoms with Crippen LogP contribution in [0, 0.1) is 0 Å². The highest BCUT2D eigenvalue weighted by molar-refractivity contribution is 6.71. The van der Waals surface area contributed by atoms with Gasteiger partial charge in [-0.1, -0.05) is 23.2 Å². The van der Waals surface area contributed by atoms with Crippen molar-refractivity contribution < 1.29 is 37.6 Å². The predicted molar refractivity (Wildman–Crippen MR) is 229 cm³/mol. The lowest BCUT2D eigenvalue weighted by Crippen LogP contribution is -2.36. The van der Waals surface area contributed by atoms with E-state index in [9.17, 15) is 0 Å². The molecule has 3 heterocycles. The molecule has 0 saturated carbocycles. The average Bonchev–Trinajstić information content (AvgIpc) is 3.19. The molecule has 314 valence electrons. The van der Waals surface area contributed by atoms with Gasteiger partial charge in [-0.05, 0) is 81.0 Å². The Morgan fingerprint density at radius 1 is 0.702 bits per heavy atom. The molecule has 0 amide bonds. The van der Waals surface area contributed by atoms with Gasteiger partial charge in [0.2, 0.25) is 0 Å². The average molecular weight is 848 g/mol. The molecule has 0 N–H and O–H groups in total. The first-order valence-electron chi connectivity index (χ1n) is 19.9. The number of benzene rings is 2. The lowest BCUT2D eigenvalue weighted by molar-refractivity contribution is -0.0682. The van der Waals surface area contributed by atoms with E-state index in [4.69, 9.17) is 70.8 Å². The van der Waals surface area contributed by atoms with Gasteiger partial charge in [0.25, 0.3) is 0 Å². The van der Waals surface area contributed by atoms with Gasteiger partial charge in [-0.15, -0.1) is 0 Å². The lowest BCUT2D eigenvalue weighted by Gasteiger charge is -2.26. The quantitative estimate of drug-likeness (QED) is 0.0927. The van der Waals surface area contributed by atoms with Crippen LogP contribution in [0.3, 0.4) is 0 Å². The van der Waals surface area contributed by atoms with Crippen molar-refractivity contribution in [1.82, 2.24) is 19.8 Å². The third-order valence-corrected chi connectivity index (χ3v) is 13.1. The second-order valence-corrected chi connectivity index (χ2v) is 19.7. The van der Waals surface area contributed by atoms with Crippen LogP contribution in [0.4, 0.5) is 0 Å². The summed E-state index contributed by atoms with van der Waals surface area (Å²) in [5.41, 5.74) is 3.30. The van der Waals surface area contributed by atoms with E-state index in [1.807, 2.05) is 48.5 Å². The van der Waals surface area contributed by atoms with Crippen LogP contribution in [0.2, 0.25) is 29.2 Å². The van der Waals surface area contributed by atoms with Crippen LogP contribution in [0.1, 0.15) is 24.7 Å². The van der Waals surface area contributed by atoms with Crippen LogP contribution in [0.15, 0.2) is 48.5 Å². The maximum absolute atomic E-state index is 6.49. The van der Waals surface area contributed by atoms with Crippen LogP contribution in [0.25, 0.3) is 21.8 Å². The molecule has 2 aromatic heterocycles. The Morgan fingerprint density at radius 2 is 1.23 bits per heavy atom. The van der Waals surface area contributed by atoms with E-state index in [0.717, 1.165) is 52.3 Å². The van der Waals surface area contributed by atoms with Crippen molar-refractivity contribution >= 4 is 53.3 Å². The Balaban J connectivity index is 1.23. The highest BCUT2D eigenvalue weighted by atomic mass is 35.5. The zero-order chi connectivity index (χ0) is 40.5. The van der Waals surface area contributed by atoms with Gasteiger partial charge in [-0.3, -0.25) is 9.80 Å². The van der Waals surface area contributed by atoms with Crippen LogP contribution in [-0.4, -0.2) is 141 Å². The molecule has 1 unspecified atom stereocenters. The standard InChI is InChI=1S/C42H60Cl2N4O8Si/c1-6-56-57(4,5)27-7-20-53-30-34-31-54-23-18-47(28-32-8-10-35-37(43)12-14-39(49-2)41(35)45-32)16-21-51-25-26-52-22-17-48(19-24-55-34)29-33-9-11-36-38(44)13-15-40(50-3)42(36)46-33/h8-15,34H,6-7,16-31H2,1-5H3. The number of pyridine rings is 2. The molecule has 0 aliphatic carbocycles. The number of hydrogen-bond acceptors (Lipinski definition) is 12. The first kappa shape index (κ1) is 45.4. The van der Waals surface area contributed by atoms with Crippen LogP contribution < -0.4 is 9.47 Å². The minimum absolute atomic E-state index is 0.236. The van der Waals surface area contributed by atoms with E-state index >= 15 is 0 Å². The van der Waals surface area contributed by atoms with Crippen molar-refractivity contribution in [2.24, 2.45) is 0 Å². The van der Waals surface area contributed by atoms with Crippen LogP contribution >= 0.6 is 23.2 Å². The summed E-state index contributed by atoms with van der Waals surface area (Å²) in [4.78, 5) is 14.4. The number of hydrogen-bond donors (Lipinski definition) is 0. The van der Waals surface area contributed by atoms with Gasteiger partial charge in [-0.2, -0.15) is 0 Å². The van der Waals surface area contributed by atoms with E-state index in [2.05, 4.69) is 29.8 Å². The number of aromatic nitrogens is 2. The number of methoxy groups -OCH3 is 2. The molecule has 0 spiro atoms. The van der Waals surface area contributed by atoms with Gasteiger partial charge in [0.1, 0.15) is 28.6 Å². The summed E-state index contributed by atoms with van der Waals surface area (Å²) < 4.78 is 48.2. The topological polar surface area (TPSA) is 106 Å². The van der Waals surface area contributed by atoms with Crippen molar-refractivity contribution in [2.75, 3.05) is 106 Å². The summed E-state index contributed by atoms with van der Waals surface area (Å²) in [7, 11) is 1.62. The maximum Gasteiger partial charge on any atom is 0.186 e. The first-order valence-corrected chi connectivity index (χ1v) is 23.8. The largest absolute Gasteiger partial charge is 0.494 e. The van der Waals surface area contributed by atoms with Crippen molar-refractivity contribution in [3.8, 4) is 11.5 Å². The third-order valence-electron chi connectivity index (χ3n) is 9.86. The Kier molecular flexibility index (Phi) is 19.0. The third kappa shape index (κ3) is 14.5. The Morgan fingerprint density at radius 3 is 1.75 bits per heavy atom. The van der Waals surface area contributed by atoms with Crippen molar-refractivity contribution in [1.29, 1.82) is 0 Å². The Bertz CT molecular complexity index is 1830. The predicted octanol–water partition coefficient (Wildman–Crippen LogP) is 7.51. The molecule has 1 fully saturated rings. The van der Waals surface area contributed by atoms with Crippen LogP contribution in [0.5, 0.6) is 11.5 Å². The molecule has 12 nitrogen and oxygen atoms in total. The van der Waals surface area contributed by atoms with Crippen molar-refractivity contribution in [2.45, 2.75) is 51.7 Å². The number of rotatable bonds is 14. The van der Waals surface area contributed by atoms with E-state index in [-0.39, 0.29) is 6.10 Å². The fraction of sp³-hybridized carbons (Fsp3) is 0.571. The molecule has 1 aliphatic heterocycles. The highest BCUT2D eigenvalue weighted by Gasteiger charge is 2.21. The van der Waals surface area contributed by atoms with E-state index in [1.54, 1.807) is 14.2 Å². The van der Waals surface area contributed by atoms with Gasteiger partial charge >= 0.3 is 0 Å². The zero-order valence-electron chi connectivity index (χ0n) is 34.2. The van der Waals surface area contributed by atoms with Gasteiger partial charge in [0, 0.05) is 63.3 Å². The second kappa shape index (κ2) is 23.8. The second-order valence-electron chi connectivity index (χ2n) is 14.6. The first-order chi connectivity index (χ1) is 27.7. The number of fused-ring (bicyclic) bond motifs is 2. The monoisotopic (exact) mass is 846 g/mol. The van der Waals surface area contributed by atoms with Gasteiger partial charge in [0.05, 0.1) is 88.5 Å². The van der Waals surface area contributed by atoms with E-state index in [1.165, 1.54) is 0 Å². The lowest BCUT2D eigenvalue weighted by atomic mass is 10.2. The molecule has 4 aromatic rings. The molecular weight excluding hydrogens is 787 g/mol. The Labute approximate surface area is 349 Å². The summed E-state index contributed by atoms with van der Waals surface area (Å²) >= 11 is 13.0. The van der Waals surface area contributed by atoms with E-state index < -0.39 is 8.32 Å². The van der Waals surface area contributed by atoms with Gasteiger partial charge in [0.15, 0.2) is 8.32 Å². The molecule has 1 saturated heterocycles. The van der Waals surface area contributed by atoms with E-state index in [0.29, 0.717) is 120 Å². The summed E-state index contributed by atoms with van der Waals surface area (Å²) in [5.74, 6) is 1.38. The van der Waals surface area contributed by atoms with Crippen molar-refractivity contribution in [3.05, 3.63) is 70.0 Å². The smallest absolute Gasteiger partial charge is 0.186 e. The SMILES string of the molecule is CCO[Si](C)(C)CCCOCC1COCCN(Cc2ccc3c(Cl)ccc(OC)c3n2)CCOCCOCCN(Cc2ccc3c(Cl)ccc(OC)c3n2)CCO1. The summed E-state index contributed by atoms with van der Waals surface area (Å²) in [6.07, 6.45) is 0.716. The summed E-state index contributed by atoms with van der Waals surface area (Å²) in [6.45, 7) is 15.8. The number of ether oxygens (including phenoxy) is 7. The maximum atomic E-state index is 6.49. The normalized spacial score (nSPS) is 18.1. The molecule has 0 radical (unpaired) electrons. The molecule has 1 atom stereocenters. The minimum atomic E-state index is -1.67. The van der Waals surface area contributed by atoms with Gasteiger partial charge in [-0.25, -0.2) is 9.97 Å². The molecule has 1 aliphatic rings. The fourth-order valence-corrected chi connectivity index (χ4v) is 9.14. The van der Waals surface area contributed by atoms with Gasteiger partial charge < -0.3 is 37.6 Å². The number of nitrogens with zero attached hydrogens (tertiary/aromatic N) is 4. The van der Waals surface area contributed by atoms with Crippen LogP contribution in [-0.2, 0) is 41.2 Å². The zero-order valence-corrected chi connectivity index (χ0v) is 36.7. The highest BCUT2D eigenvalue weighted by Crippen LogP contribution is 2.31. The molecule has 57 heavy (non-hydrogen) atoms. The molecule has 0 bridgehead atoms. The summed E-state index contributed by atoms with van der Waals surface area (Å²) in [5, 5.41) is 3.00. The number of halogens is 2. The van der Waals surface area contributed by atoms with Crippen molar-refractivity contribution in [3.63, 3.8) is 0 Å². The fourth-order valence-electron chi connectivity index (χ4n) is 6.79. The molecule has 15 heteroatoms. The minimum Gasteiger partial charge on any atom is -0.494 e. The Hall–Kier alpha value is -2.66.